The number of hydrogen-bond donors (Lipinski definition) is 2. The molecule has 0 radical (unpaired) electrons. The Balaban J connectivity index is 2.15. The van der Waals surface area contributed by atoms with E-state index in [2.05, 4.69) is 11.4 Å². The summed E-state index contributed by atoms with van der Waals surface area (Å²) in [6, 6.07) is 0. The van der Waals surface area contributed by atoms with Gasteiger partial charge in [-0.25, -0.2) is 0 Å². The molecule has 0 saturated carbocycles. The highest BCUT2D eigenvalue weighted by atomic mass is 14.8. The van der Waals surface area contributed by atoms with Crippen LogP contribution in [0.4, 0.5) is 0 Å². The van der Waals surface area contributed by atoms with Crippen LogP contribution in [-0.4, -0.2) is 19.6 Å². The molecule has 3 N–H and O–H groups in total. The Labute approximate surface area is 75.2 Å². The molecule has 1 aliphatic rings. The molecule has 70 valence electrons. The zero-order chi connectivity index (χ0) is 8.65. The Morgan fingerprint density at radius 3 is 3.08 bits per heavy atom. The lowest BCUT2D eigenvalue weighted by molar-refractivity contribution is 0.683. The normalized spacial score (nSPS) is 18.6. The van der Waals surface area contributed by atoms with E-state index in [1.54, 1.807) is 5.57 Å². The largest absolute Gasteiger partial charge is 0.330 e. The van der Waals surface area contributed by atoms with Gasteiger partial charge in [-0.2, -0.15) is 0 Å². The van der Waals surface area contributed by atoms with Crippen molar-refractivity contribution in [1.29, 1.82) is 0 Å². The van der Waals surface area contributed by atoms with Gasteiger partial charge in [0.05, 0.1) is 0 Å². The van der Waals surface area contributed by atoms with Gasteiger partial charge in [0.15, 0.2) is 0 Å². The minimum atomic E-state index is 0.839. The topological polar surface area (TPSA) is 38.0 Å². The maximum Gasteiger partial charge on any atom is -0.00115 e. The van der Waals surface area contributed by atoms with Gasteiger partial charge >= 0.3 is 0 Å². The number of hydrogen-bond acceptors (Lipinski definition) is 2. The fourth-order valence-corrected chi connectivity index (χ4v) is 1.58. The molecule has 0 amide bonds. The molecule has 1 aliphatic heterocycles. The Hall–Kier alpha value is -0.340. The summed E-state index contributed by atoms with van der Waals surface area (Å²) < 4.78 is 0. The molecule has 0 aromatic rings. The van der Waals surface area contributed by atoms with Crippen LogP contribution < -0.4 is 11.1 Å². The highest BCUT2D eigenvalue weighted by molar-refractivity contribution is 5.04. The van der Waals surface area contributed by atoms with Gasteiger partial charge in [0.25, 0.3) is 0 Å². The van der Waals surface area contributed by atoms with Crippen LogP contribution in [0.25, 0.3) is 0 Å². The average molecular weight is 168 g/mol. The summed E-state index contributed by atoms with van der Waals surface area (Å²) in [4.78, 5) is 0. The molecule has 0 spiro atoms. The van der Waals surface area contributed by atoms with Crippen LogP contribution in [0.5, 0.6) is 0 Å². The van der Waals surface area contributed by atoms with Crippen LogP contribution in [0.15, 0.2) is 11.6 Å². The van der Waals surface area contributed by atoms with Crippen molar-refractivity contribution >= 4 is 0 Å². The lowest BCUT2D eigenvalue weighted by atomic mass is 10.1. The third-order valence-electron chi connectivity index (χ3n) is 2.33. The maximum atomic E-state index is 5.44. The monoisotopic (exact) mass is 168 g/mol. The summed E-state index contributed by atoms with van der Waals surface area (Å²) in [5.74, 6) is 0. The van der Waals surface area contributed by atoms with Crippen molar-refractivity contribution in [1.82, 2.24) is 5.32 Å². The van der Waals surface area contributed by atoms with E-state index in [9.17, 15) is 0 Å². The van der Waals surface area contributed by atoms with E-state index in [1.165, 1.54) is 32.1 Å². The van der Waals surface area contributed by atoms with Crippen LogP contribution in [0.2, 0.25) is 0 Å². The predicted molar refractivity (Wildman–Crippen MR) is 53.1 cm³/mol. The van der Waals surface area contributed by atoms with Gasteiger partial charge in [-0.3, -0.25) is 0 Å². The fraction of sp³-hybridized carbons (Fsp3) is 0.800. The molecule has 1 rings (SSSR count). The Kier molecular flexibility index (Phi) is 5.04. The van der Waals surface area contributed by atoms with Crippen molar-refractivity contribution in [2.24, 2.45) is 5.73 Å². The van der Waals surface area contributed by atoms with Crippen LogP contribution in [-0.2, 0) is 0 Å². The lowest BCUT2D eigenvalue weighted by Gasteiger charge is -2.03. The molecule has 0 aromatic carbocycles. The van der Waals surface area contributed by atoms with E-state index in [0.717, 1.165) is 19.6 Å². The molecule has 0 unspecified atom stereocenters. The van der Waals surface area contributed by atoms with Crippen molar-refractivity contribution in [2.45, 2.75) is 32.1 Å². The van der Waals surface area contributed by atoms with E-state index in [-0.39, 0.29) is 0 Å². The maximum absolute atomic E-state index is 5.44. The van der Waals surface area contributed by atoms with Crippen LogP contribution in [0, 0.1) is 0 Å². The van der Waals surface area contributed by atoms with Gasteiger partial charge in [-0.05, 0) is 51.7 Å². The minimum Gasteiger partial charge on any atom is -0.330 e. The summed E-state index contributed by atoms with van der Waals surface area (Å²) in [6.45, 7) is 3.15. The predicted octanol–water partition coefficient (Wildman–Crippen LogP) is 1.43. The summed E-state index contributed by atoms with van der Waals surface area (Å²) in [5.41, 5.74) is 7.08. The van der Waals surface area contributed by atoms with Crippen LogP contribution in [0.3, 0.4) is 0 Å². The van der Waals surface area contributed by atoms with E-state index in [4.69, 9.17) is 5.73 Å². The lowest BCUT2D eigenvalue weighted by Crippen LogP contribution is -2.13. The number of nitrogens with two attached hydrogens (primary N) is 1. The number of unbranched alkanes of at least 4 members (excludes halogenated alkanes) is 1. The Morgan fingerprint density at radius 2 is 2.25 bits per heavy atom. The van der Waals surface area contributed by atoms with E-state index >= 15 is 0 Å². The molecule has 1 heterocycles. The third kappa shape index (κ3) is 3.88. The molecular weight excluding hydrogens is 148 g/mol. The smallest absolute Gasteiger partial charge is 0.00115 e. The van der Waals surface area contributed by atoms with Crippen LogP contribution in [0.1, 0.15) is 32.1 Å². The first kappa shape index (κ1) is 9.75. The first-order chi connectivity index (χ1) is 5.93. The zero-order valence-electron chi connectivity index (χ0n) is 7.81. The van der Waals surface area contributed by atoms with Crippen molar-refractivity contribution in [3.05, 3.63) is 11.6 Å². The molecule has 2 heteroatoms. The van der Waals surface area contributed by atoms with Crippen molar-refractivity contribution < 1.29 is 0 Å². The van der Waals surface area contributed by atoms with Gasteiger partial charge in [0, 0.05) is 0 Å². The number of rotatable bonds is 4. The molecule has 12 heavy (non-hydrogen) atoms. The van der Waals surface area contributed by atoms with Crippen molar-refractivity contribution in [2.75, 3.05) is 19.6 Å². The first-order valence-electron chi connectivity index (χ1n) is 5.02. The molecule has 0 atom stereocenters. The highest BCUT2D eigenvalue weighted by Gasteiger charge is 2.00. The fourth-order valence-electron chi connectivity index (χ4n) is 1.58. The molecule has 0 aliphatic carbocycles. The molecule has 0 fully saturated rings. The first-order valence-corrected chi connectivity index (χ1v) is 5.02. The number of nitrogens with one attached hydrogen (secondary N) is 1. The van der Waals surface area contributed by atoms with Crippen LogP contribution >= 0.6 is 0 Å². The standard InChI is InChI=1S/C10H20N2/c11-7-2-1-4-10-5-3-8-12-9-6-10/h5,12H,1-4,6-9,11H2. The van der Waals surface area contributed by atoms with E-state index in [0.29, 0.717) is 0 Å². The molecule has 0 aromatic heterocycles. The molecular formula is C10H20N2. The van der Waals surface area contributed by atoms with Gasteiger partial charge in [-0.1, -0.05) is 11.6 Å². The van der Waals surface area contributed by atoms with Gasteiger partial charge in [0.2, 0.25) is 0 Å². The average Bonchev–Trinajstić information content (AvgIpc) is 2.33. The van der Waals surface area contributed by atoms with E-state index < -0.39 is 0 Å². The summed E-state index contributed by atoms with van der Waals surface area (Å²) in [6.07, 6.45) is 8.55. The van der Waals surface area contributed by atoms with Gasteiger partial charge < -0.3 is 11.1 Å². The summed E-state index contributed by atoms with van der Waals surface area (Å²) in [5, 5.41) is 3.39. The summed E-state index contributed by atoms with van der Waals surface area (Å²) >= 11 is 0. The van der Waals surface area contributed by atoms with Crippen molar-refractivity contribution in [3.8, 4) is 0 Å². The Bertz CT molecular complexity index is 141. The quantitative estimate of drug-likeness (QED) is 0.492. The third-order valence-corrected chi connectivity index (χ3v) is 2.33. The van der Waals surface area contributed by atoms with Gasteiger partial charge in [0.1, 0.15) is 0 Å². The minimum absolute atomic E-state index is 0.839. The molecule has 0 saturated heterocycles. The molecule has 2 nitrogen and oxygen atoms in total. The highest BCUT2D eigenvalue weighted by Crippen LogP contribution is 2.13. The summed E-state index contributed by atoms with van der Waals surface area (Å²) in [7, 11) is 0. The van der Waals surface area contributed by atoms with Gasteiger partial charge in [-0.15, -0.1) is 0 Å². The van der Waals surface area contributed by atoms with Crippen molar-refractivity contribution in [3.63, 3.8) is 0 Å². The molecule has 0 bridgehead atoms. The Morgan fingerprint density at radius 1 is 1.33 bits per heavy atom. The second kappa shape index (κ2) is 6.21. The van der Waals surface area contributed by atoms with E-state index in [1.807, 2.05) is 0 Å². The second-order valence-corrected chi connectivity index (χ2v) is 3.40. The zero-order valence-corrected chi connectivity index (χ0v) is 7.81. The second-order valence-electron chi connectivity index (χ2n) is 3.40. The SMILES string of the molecule is NCCCCC1=CCCNCC1.